The molecule has 1 aromatic carbocycles. The van der Waals surface area contributed by atoms with Crippen LogP contribution in [0.3, 0.4) is 0 Å². The van der Waals surface area contributed by atoms with E-state index in [0.29, 0.717) is 22.8 Å². The largest absolute Gasteiger partial charge is 0.493 e. The van der Waals surface area contributed by atoms with Gasteiger partial charge in [0, 0.05) is 20.3 Å². The fourth-order valence-corrected chi connectivity index (χ4v) is 3.65. The second-order valence-electron chi connectivity index (χ2n) is 4.92. The van der Waals surface area contributed by atoms with Gasteiger partial charge in [-0.2, -0.15) is 0 Å². The minimum atomic E-state index is -0.506. The van der Waals surface area contributed by atoms with E-state index in [0.717, 1.165) is 9.35 Å². The molecule has 0 aliphatic carbocycles. The van der Waals surface area contributed by atoms with Crippen molar-refractivity contribution >= 4 is 45.2 Å². The van der Waals surface area contributed by atoms with Crippen LogP contribution in [0.25, 0.3) is 6.08 Å². The van der Waals surface area contributed by atoms with Crippen molar-refractivity contribution in [3.8, 4) is 17.2 Å². The lowest BCUT2D eigenvalue weighted by Gasteiger charge is -2.13. The van der Waals surface area contributed by atoms with E-state index in [4.69, 9.17) is 18.9 Å². The smallest absolute Gasteiger partial charge is 0.363 e. The minimum absolute atomic E-state index is 0.186. The van der Waals surface area contributed by atoms with E-state index in [1.807, 2.05) is 11.4 Å². The van der Waals surface area contributed by atoms with E-state index < -0.39 is 5.97 Å². The van der Waals surface area contributed by atoms with Crippen molar-refractivity contribution < 1.29 is 23.7 Å². The van der Waals surface area contributed by atoms with Gasteiger partial charge in [-0.1, -0.05) is 0 Å². The Morgan fingerprint density at radius 1 is 1.12 bits per heavy atom. The van der Waals surface area contributed by atoms with Crippen LogP contribution in [0.1, 0.15) is 10.4 Å². The standard InChI is InChI=1S/C17H14BrNO5S/c1-21-13-4-9(5-14(22-2)15(13)23-3)16-19-12(17(20)24-16)7-11-6-10(18)8-25-11/h4-8H,1-3H3/b12-7-. The van der Waals surface area contributed by atoms with Crippen molar-refractivity contribution in [1.29, 1.82) is 0 Å². The Hall–Kier alpha value is -2.32. The second kappa shape index (κ2) is 7.28. The summed E-state index contributed by atoms with van der Waals surface area (Å²) in [6.07, 6.45) is 1.68. The maximum absolute atomic E-state index is 12.1. The average Bonchev–Trinajstić information content (AvgIpc) is 3.19. The molecule has 3 rings (SSSR count). The Morgan fingerprint density at radius 3 is 2.32 bits per heavy atom. The minimum Gasteiger partial charge on any atom is -0.493 e. The summed E-state index contributed by atoms with van der Waals surface area (Å²) in [5.41, 5.74) is 0.789. The molecule has 0 fully saturated rings. The molecular formula is C17H14BrNO5S. The number of halogens is 1. The van der Waals surface area contributed by atoms with Crippen LogP contribution in [0.2, 0.25) is 0 Å². The van der Waals surface area contributed by atoms with E-state index in [9.17, 15) is 4.79 Å². The molecule has 0 atom stereocenters. The summed E-state index contributed by atoms with van der Waals surface area (Å²) in [5.74, 6) is 1.04. The van der Waals surface area contributed by atoms with Gasteiger partial charge in [-0.15, -0.1) is 11.3 Å². The topological polar surface area (TPSA) is 66.4 Å². The number of cyclic esters (lactones) is 1. The van der Waals surface area contributed by atoms with Crippen LogP contribution in [0.5, 0.6) is 17.2 Å². The zero-order valence-electron chi connectivity index (χ0n) is 13.7. The highest BCUT2D eigenvalue weighted by Crippen LogP contribution is 2.39. The summed E-state index contributed by atoms with van der Waals surface area (Å²) in [6.45, 7) is 0. The third kappa shape index (κ3) is 3.54. The van der Waals surface area contributed by atoms with Gasteiger partial charge in [-0.3, -0.25) is 0 Å². The van der Waals surface area contributed by atoms with Crippen LogP contribution >= 0.6 is 27.3 Å². The predicted octanol–water partition coefficient (Wildman–Crippen LogP) is 3.88. The number of ether oxygens (including phenoxy) is 4. The summed E-state index contributed by atoms with van der Waals surface area (Å²) in [4.78, 5) is 17.3. The Bertz CT molecular complexity index is 862. The molecule has 0 spiro atoms. The predicted molar refractivity (Wildman–Crippen MR) is 98.7 cm³/mol. The van der Waals surface area contributed by atoms with Crippen LogP contribution in [-0.4, -0.2) is 33.2 Å². The van der Waals surface area contributed by atoms with Crippen LogP contribution < -0.4 is 14.2 Å². The molecule has 0 saturated carbocycles. The number of aliphatic imine (C=N–C) groups is 1. The lowest BCUT2D eigenvalue weighted by atomic mass is 10.2. The number of thiophene rings is 1. The maximum atomic E-state index is 12.1. The third-order valence-electron chi connectivity index (χ3n) is 3.40. The molecule has 25 heavy (non-hydrogen) atoms. The summed E-state index contributed by atoms with van der Waals surface area (Å²) in [6, 6.07) is 5.26. The Morgan fingerprint density at radius 2 is 1.80 bits per heavy atom. The first kappa shape index (κ1) is 17.5. The highest BCUT2D eigenvalue weighted by molar-refractivity contribution is 9.10. The molecule has 0 bridgehead atoms. The highest BCUT2D eigenvalue weighted by Gasteiger charge is 2.26. The van der Waals surface area contributed by atoms with Crippen molar-refractivity contribution in [3.05, 3.63) is 44.2 Å². The zero-order valence-corrected chi connectivity index (χ0v) is 16.1. The molecule has 0 N–H and O–H groups in total. The number of esters is 1. The normalized spacial score (nSPS) is 15.1. The Balaban J connectivity index is 2.00. The molecule has 8 heteroatoms. The lowest BCUT2D eigenvalue weighted by molar-refractivity contribution is -0.129. The van der Waals surface area contributed by atoms with Crippen molar-refractivity contribution in [2.75, 3.05) is 21.3 Å². The first-order chi connectivity index (χ1) is 12.0. The summed E-state index contributed by atoms with van der Waals surface area (Å²) in [7, 11) is 4.56. The summed E-state index contributed by atoms with van der Waals surface area (Å²) < 4.78 is 22.2. The van der Waals surface area contributed by atoms with Crippen LogP contribution in [0, 0.1) is 0 Å². The molecule has 0 radical (unpaired) electrons. The molecule has 0 unspecified atom stereocenters. The van der Waals surface area contributed by atoms with Gasteiger partial charge in [0.1, 0.15) is 0 Å². The van der Waals surface area contributed by atoms with Gasteiger partial charge in [0.25, 0.3) is 0 Å². The molecule has 2 heterocycles. The van der Waals surface area contributed by atoms with Gasteiger partial charge in [-0.05, 0) is 40.2 Å². The van der Waals surface area contributed by atoms with E-state index in [1.54, 1.807) is 18.2 Å². The quantitative estimate of drug-likeness (QED) is 0.539. The zero-order chi connectivity index (χ0) is 18.0. The number of hydrogen-bond acceptors (Lipinski definition) is 7. The van der Waals surface area contributed by atoms with Crippen LogP contribution in [-0.2, 0) is 9.53 Å². The Labute approximate surface area is 156 Å². The number of carbonyl (C=O) groups excluding carboxylic acids is 1. The van der Waals surface area contributed by atoms with Crippen molar-refractivity contribution in [2.45, 2.75) is 0 Å². The molecule has 2 aromatic rings. The van der Waals surface area contributed by atoms with Crippen molar-refractivity contribution in [1.82, 2.24) is 0 Å². The average molecular weight is 424 g/mol. The second-order valence-corrected chi connectivity index (χ2v) is 6.78. The molecule has 1 aliphatic rings. The fraction of sp³-hybridized carbons (Fsp3) is 0.176. The number of rotatable bonds is 5. The summed E-state index contributed by atoms with van der Waals surface area (Å²) in [5, 5.41) is 1.93. The van der Waals surface area contributed by atoms with E-state index in [1.165, 1.54) is 32.7 Å². The van der Waals surface area contributed by atoms with Gasteiger partial charge in [0.05, 0.1) is 21.3 Å². The lowest BCUT2D eigenvalue weighted by Crippen LogP contribution is -2.06. The van der Waals surface area contributed by atoms with Gasteiger partial charge < -0.3 is 18.9 Å². The van der Waals surface area contributed by atoms with Gasteiger partial charge in [0.2, 0.25) is 11.6 Å². The van der Waals surface area contributed by atoms with Crippen LogP contribution in [0.15, 0.2) is 38.7 Å². The third-order valence-corrected chi connectivity index (χ3v) is 5.04. The molecular weight excluding hydrogens is 410 g/mol. The van der Waals surface area contributed by atoms with Crippen molar-refractivity contribution in [3.63, 3.8) is 0 Å². The van der Waals surface area contributed by atoms with Crippen LogP contribution in [0.4, 0.5) is 0 Å². The molecule has 1 aliphatic heterocycles. The van der Waals surface area contributed by atoms with Crippen molar-refractivity contribution in [2.24, 2.45) is 4.99 Å². The van der Waals surface area contributed by atoms with Gasteiger partial charge >= 0.3 is 5.97 Å². The maximum Gasteiger partial charge on any atom is 0.363 e. The van der Waals surface area contributed by atoms with E-state index in [2.05, 4.69) is 20.9 Å². The number of nitrogens with zero attached hydrogens (tertiary/aromatic N) is 1. The first-order valence-corrected chi connectivity index (χ1v) is 8.80. The number of benzene rings is 1. The molecule has 1 aromatic heterocycles. The monoisotopic (exact) mass is 423 g/mol. The van der Waals surface area contributed by atoms with E-state index >= 15 is 0 Å². The molecule has 0 saturated heterocycles. The molecule has 0 amide bonds. The SMILES string of the molecule is COc1cc(C2=N/C(=C\c3cc(Br)cs3)C(=O)O2)cc(OC)c1OC. The van der Waals surface area contributed by atoms with E-state index in [-0.39, 0.29) is 11.6 Å². The number of carbonyl (C=O) groups is 1. The highest BCUT2D eigenvalue weighted by atomic mass is 79.9. The van der Waals surface area contributed by atoms with Gasteiger partial charge in [-0.25, -0.2) is 9.79 Å². The summed E-state index contributed by atoms with van der Waals surface area (Å²) >= 11 is 4.88. The fourth-order valence-electron chi connectivity index (χ4n) is 2.28. The number of methoxy groups -OCH3 is 3. The van der Waals surface area contributed by atoms with Gasteiger partial charge in [0.15, 0.2) is 17.2 Å². The molecule has 6 nitrogen and oxygen atoms in total. The Kier molecular flexibility index (Phi) is 5.10. The molecule has 130 valence electrons. The first-order valence-electron chi connectivity index (χ1n) is 7.12. The number of hydrogen-bond donors (Lipinski definition) is 0.